The van der Waals surface area contributed by atoms with Crippen molar-refractivity contribution in [1.82, 2.24) is 30.2 Å². The summed E-state index contributed by atoms with van der Waals surface area (Å²) in [6.45, 7) is 3.89. The molecule has 0 aliphatic carbocycles. The molecule has 0 amide bonds. The van der Waals surface area contributed by atoms with Crippen LogP contribution in [-0.4, -0.2) is 44.5 Å². The van der Waals surface area contributed by atoms with E-state index in [0.29, 0.717) is 6.04 Å². The second-order valence-corrected chi connectivity index (χ2v) is 4.82. The van der Waals surface area contributed by atoms with Crippen LogP contribution in [0.2, 0.25) is 0 Å². The zero-order valence-electron chi connectivity index (χ0n) is 11.0. The van der Waals surface area contributed by atoms with Gasteiger partial charge in [-0.15, -0.1) is 5.10 Å². The smallest absolute Gasteiger partial charge is 0.0738 e. The van der Waals surface area contributed by atoms with Crippen LogP contribution < -0.4 is 5.32 Å². The maximum Gasteiger partial charge on any atom is 0.0738 e. The average Bonchev–Trinajstić information content (AvgIpc) is 2.86. The van der Waals surface area contributed by atoms with Gasteiger partial charge < -0.3 is 5.32 Å². The van der Waals surface area contributed by atoms with E-state index >= 15 is 0 Å². The van der Waals surface area contributed by atoms with Crippen LogP contribution in [0.25, 0.3) is 0 Å². The minimum absolute atomic E-state index is 0.381. The Morgan fingerprint density at radius 3 is 2.95 bits per heavy atom. The number of nitrogens with one attached hydrogen (secondary N) is 1. The lowest BCUT2D eigenvalue weighted by Gasteiger charge is -2.36. The van der Waals surface area contributed by atoms with Crippen molar-refractivity contribution in [2.75, 3.05) is 19.6 Å². The van der Waals surface area contributed by atoms with Gasteiger partial charge in [-0.2, -0.15) is 0 Å². The lowest BCUT2D eigenvalue weighted by atomic mass is 10.0. The first-order valence-electron chi connectivity index (χ1n) is 6.53. The maximum atomic E-state index is 4.09. The van der Waals surface area contributed by atoms with Crippen LogP contribution in [0.5, 0.6) is 0 Å². The first kappa shape index (κ1) is 12.3. The van der Waals surface area contributed by atoms with E-state index in [-0.39, 0.29) is 0 Å². The average molecular weight is 258 g/mol. The summed E-state index contributed by atoms with van der Waals surface area (Å²) in [4.78, 5) is 6.55. The lowest BCUT2D eigenvalue weighted by Crippen LogP contribution is -2.45. The fourth-order valence-corrected chi connectivity index (χ4v) is 2.51. The van der Waals surface area contributed by atoms with Crippen molar-refractivity contribution >= 4 is 0 Å². The van der Waals surface area contributed by atoms with Gasteiger partial charge in [-0.1, -0.05) is 5.21 Å². The Labute approximate surface area is 112 Å². The summed E-state index contributed by atoms with van der Waals surface area (Å²) in [6.07, 6.45) is 5.55. The van der Waals surface area contributed by atoms with E-state index in [1.165, 1.54) is 5.56 Å². The Morgan fingerprint density at radius 2 is 2.21 bits per heavy atom. The zero-order valence-corrected chi connectivity index (χ0v) is 11.0. The molecule has 3 heterocycles. The SMILES string of the molecule is Cn1nncc1CN1CCNCC1c1ccncc1. The molecule has 2 aromatic rings. The van der Waals surface area contributed by atoms with Crippen LogP contribution in [0, 0.1) is 0 Å². The van der Waals surface area contributed by atoms with Crippen molar-refractivity contribution in [2.45, 2.75) is 12.6 Å². The summed E-state index contributed by atoms with van der Waals surface area (Å²) in [5, 5.41) is 11.4. The minimum Gasteiger partial charge on any atom is -0.314 e. The first-order valence-corrected chi connectivity index (χ1v) is 6.53. The number of hydrogen-bond acceptors (Lipinski definition) is 5. The van der Waals surface area contributed by atoms with E-state index in [2.05, 4.69) is 37.6 Å². The van der Waals surface area contributed by atoms with Gasteiger partial charge in [0.25, 0.3) is 0 Å². The molecular weight excluding hydrogens is 240 g/mol. The molecule has 1 unspecified atom stereocenters. The van der Waals surface area contributed by atoms with Gasteiger partial charge in [-0.25, -0.2) is 0 Å². The highest BCUT2D eigenvalue weighted by molar-refractivity contribution is 5.17. The molecule has 3 rings (SSSR count). The Morgan fingerprint density at radius 1 is 1.37 bits per heavy atom. The third-order valence-electron chi connectivity index (χ3n) is 3.62. The Hall–Kier alpha value is -1.79. The first-order chi connectivity index (χ1) is 9.34. The fraction of sp³-hybridized carbons (Fsp3) is 0.462. The molecule has 0 spiro atoms. The Balaban J connectivity index is 1.80. The van der Waals surface area contributed by atoms with Crippen LogP contribution in [-0.2, 0) is 13.6 Å². The van der Waals surface area contributed by atoms with Gasteiger partial charge >= 0.3 is 0 Å². The van der Waals surface area contributed by atoms with Crippen LogP contribution in [0.1, 0.15) is 17.3 Å². The lowest BCUT2D eigenvalue weighted by molar-refractivity contribution is 0.150. The summed E-state index contributed by atoms with van der Waals surface area (Å²) < 4.78 is 1.84. The largest absolute Gasteiger partial charge is 0.314 e. The van der Waals surface area contributed by atoms with Crippen molar-refractivity contribution in [3.05, 3.63) is 42.0 Å². The number of rotatable bonds is 3. The molecule has 2 aromatic heterocycles. The zero-order chi connectivity index (χ0) is 13.1. The highest BCUT2D eigenvalue weighted by Gasteiger charge is 2.24. The molecule has 1 saturated heterocycles. The van der Waals surface area contributed by atoms with E-state index in [0.717, 1.165) is 31.9 Å². The van der Waals surface area contributed by atoms with Crippen molar-refractivity contribution in [3.63, 3.8) is 0 Å². The van der Waals surface area contributed by atoms with Crippen LogP contribution in [0.15, 0.2) is 30.7 Å². The maximum absolute atomic E-state index is 4.09. The molecule has 6 nitrogen and oxygen atoms in total. The van der Waals surface area contributed by atoms with Crippen LogP contribution >= 0.6 is 0 Å². The molecule has 1 fully saturated rings. The predicted molar refractivity (Wildman–Crippen MR) is 71.3 cm³/mol. The number of nitrogens with zero attached hydrogens (tertiary/aromatic N) is 5. The summed E-state index contributed by atoms with van der Waals surface area (Å²) in [6, 6.07) is 4.56. The quantitative estimate of drug-likeness (QED) is 0.861. The summed E-state index contributed by atoms with van der Waals surface area (Å²) in [5.41, 5.74) is 2.44. The van der Waals surface area contributed by atoms with Gasteiger partial charge in [0.2, 0.25) is 0 Å². The van der Waals surface area contributed by atoms with Crippen LogP contribution in [0.4, 0.5) is 0 Å². The third-order valence-corrected chi connectivity index (χ3v) is 3.62. The molecule has 1 atom stereocenters. The highest BCUT2D eigenvalue weighted by Crippen LogP contribution is 2.23. The molecule has 1 N–H and O–H groups in total. The van der Waals surface area contributed by atoms with Gasteiger partial charge in [-0.3, -0.25) is 14.6 Å². The molecule has 0 saturated carbocycles. The molecule has 19 heavy (non-hydrogen) atoms. The Bertz CT molecular complexity index is 523. The predicted octanol–water partition coefficient (Wildman–Crippen LogP) is 0.357. The normalized spacial score (nSPS) is 20.6. The second-order valence-electron chi connectivity index (χ2n) is 4.82. The number of aromatic nitrogens is 4. The Kier molecular flexibility index (Phi) is 3.52. The minimum atomic E-state index is 0.381. The molecule has 0 bridgehead atoms. The molecule has 1 aliphatic heterocycles. The van der Waals surface area contributed by atoms with Gasteiger partial charge in [0, 0.05) is 51.7 Å². The van der Waals surface area contributed by atoms with Gasteiger partial charge in [-0.05, 0) is 17.7 Å². The van der Waals surface area contributed by atoms with Gasteiger partial charge in [0.1, 0.15) is 0 Å². The van der Waals surface area contributed by atoms with E-state index in [1.807, 2.05) is 30.3 Å². The van der Waals surface area contributed by atoms with E-state index in [9.17, 15) is 0 Å². The topological polar surface area (TPSA) is 58.9 Å². The van der Waals surface area contributed by atoms with Crippen molar-refractivity contribution in [1.29, 1.82) is 0 Å². The van der Waals surface area contributed by atoms with Crippen molar-refractivity contribution in [2.24, 2.45) is 7.05 Å². The fourth-order valence-electron chi connectivity index (χ4n) is 2.51. The highest BCUT2D eigenvalue weighted by atomic mass is 15.4. The third kappa shape index (κ3) is 2.64. The summed E-state index contributed by atoms with van der Waals surface area (Å²) >= 11 is 0. The monoisotopic (exact) mass is 258 g/mol. The molecule has 6 heteroatoms. The molecule has 100 valence electrons. The van der Waals surface area contributed by atoms with E-state index in [1.54, 1.807) is 0 Å². The molecule has 0 aromatic carbocycles. The molecule has 1 aliphatic rings. The van der Waals surface area contributed by atoms with Gasteiger partial charge in [0.05, 0.1) is 11.9 Å². The number of piperazine rings is 1. The van der Waals surface area contributed by atoms with E-state index in [4.69, 9.17) is 0 Å². The van der Waals surface area contributed by atoms with Crippen molar-refractivity contribution in [3.8, 4) is 0 Å². The van der Waals surface area contributed by atoms with Crippen LogP contribution in [0.3, 0.4) is 0 Å². The molecular formula is C13H18N6. The number of hydrogen-bond donors (Lipinski definition) is 1. The molecule has 0 radical (unpaired) electrons. The van der Waals surface area contributed by atoms with E-state index < -0.39 is 0 Å². The van der Waals surface area contributed by atoms with Crippen molar-refractivity contribution < 1.29 is 0 Å². The summed E-state index contributed by atoms with van der Waals surface area (Å²) in [7, 11) is 1.94. The van der Waals surface area contributed by atoms with Gasteiger partial charge in [0.15, 0.2) is 0 Å². The standard InChI is InChI=1S/C13H18N6/c1-18-12(8-16-17-18)10-19-7-6-15-9-13(19)11-2-4-14-5-3-11/h2-5,8,13,15H,6-7,9-10H2,1H3. The number of aryl methyl sites for hydroxylation is 1. The number of pyridine rings is 1. The second kappa shape index (κ2) is 5.46. The summed E-state index contributed by atoms with van der Waals surface area (Å²) in [5.74, 6) is 0.